The third-order valence-corrected chi connectivity index (χ3v) is 16.1. The van der Waals surface area contributed by atoms with Gasteiger partial charge in [-0.1, -0.05) is 63.6 Å². The number of hydrogen-bond donors (Lipinski definition) is 5. The van der Waals surface area contributed by atoms with Gasteiger partial charge in [-0.15, -0.1) is 0 Å². The highest BCUT2D eigenvalue weighted by Crippen LogP contribution is 2.61. The van der Waals surface area contributed by atoms with Gasteiger partial charge in [-0.25, -0.2) is 9.59 Å². The van der Waals surface area contributed by atoms with Crippen LogP contribution < -0.4 is 5.32 Å². The topological polar surface area (TPSA) is 243 Å². The lowest BCUT2D eigenvalue weighted by molar-refractivity contribution is -0.584. The summed E-state index contributed by atoms with van der Waals surface area (Å²) in [4.78, 5) is 54.3. The first-order chi connectivity index (χ1) is 30.5. The molecule has 0 unspecified atom stereocenters. The molecule has 4 aliphatic carbocycles. The fraction of sp³-hybridized carbons (Fsp3) is 0.729. The van der Waals surface area contributed by atoms with E-state index in [4.69, 9.17) is 28.4 Å². The van der Waals surface area contributed by atoms with Crippen molar-refractivity contribution in [2.24, 2.45) is 46.8 Å². The number of hydrogen-bond acceptors (Lipinski definition) is 15. The highest BCUT2D eigenvalue weighted by Gasteiger charge is 2.64. The number of nitrogens with zero attached hydrogens (tertiary/aromatic N) is 1. The molecule has 4 fully saturated rings. The number of aliphatic hydroxyl groups excluding tert-OH is 4. The van der Waals surface area contributed by atoms with Gasteiger partial charge < -0.3 is 54.2 Å². The van der Waals surface area contributed by atoms with Crippen molar-refractivity contribution >= 4 is 17.8 Å². The van der Waals surface area contributed by atoms with E-state index in [1.54, 1.807) is 32.9 Å². The lowest BCUT2D eigenvalue weighted by atomic mass is 9.49. The summed E-state index contributed by atoms with van der Waals surface area (Å²) in [5.74, 6) is -4.59. The monoisotopic (exact) mass is 912 g/mol. The minimum atomic E-state index is -1.78. The standard InChI is InChI=1S/C48H68N2O15/c1-22-11-14-34(63-36-20-46(8,50(58)59)41(28(7)62-36)49-45(57)60-10)23(2)16-30-17-29(21-51)26(5)19-48(30)43(55)37(44(56)65-48)42(54)47(9)32(22)13-12-31-38(47)24(3)15-25(4)40(31)64-35-18-33(52)39(53)27(6)61-35/h11-13,16-17,24-28,30-36,38-41,51-54H,14-15,18-21H2,1-10H3,(H,49,57)/b22-11+,23-16+,42-37?/t24-,25-,26+,27-,28+,30+,31-,32-,33+,34-,35-,36-,38+,39-,40-,41-,46-,47+,48-/m0/s1. The van der Waals surface area contributed by atoms with Gasteiger partial charge in [-0.05, 0) is 75.4 Å². The number of allylic oxidation sites excluding steroid dienone is 3. The smallest absolute Gasteiger partial charge is 0.407 e. The molecule has 5 N–H and O–H groups in total. The number of rotatable bonds is 7. The van der Waals surface area contributed by atoms with Crippen LogP contribution in [-0.2, 0) is 38.0 Å². The molecule has 0 aromatic heterocycles. The number of methoxy groups -OCH3 is 1. The number of nitrogens with one attached hydrogen (secondary N) is 1. The Hall–Kier alpha value is -3.97. The first-order valence-corrected chi connectivity index (χ1v) is 23.1. The molecule has 7 rings (SSSR count). The second-order valence-electron chi connectivity index (χ2n) is 20.4. The summed E-state index contributed by atoms with van der Waals surface area (Å²) in [6.07, 6.45) is 2.67. The van der Waals surface area contributed by atoms with Crippen LogP contribution in [0.4, 0.5) is 4.79 Å². The third-order valence-electron chi connectivity index (χ3n) is 16.1. The fourth-order valence-electron chi connectivity index (χ4n) is 12.6. The summed E-state index contributed by atoms with van der Waals surface area (Å²) in [5.41, 5.74) is -3.13. The number of fused-ring (bicyclic) bond motifs is 4. The molecular formula is C48H68N2O15. The van der Waals surface area contributed by atoms with E-state index in [9.17, 15) is 40.1 Å². The number of ketones is 1. The molecule has 17 heteroatoms. The van der Waals surface area contributed by atoms with Gasteiger partial charge >= 0.3 is 12.1 Å². The second-order valence-corrected chi connectivity index (χ2v) is 20.4. The molecule has 3 heterocycles. The van der Waals surface area contributed by atoms with Gasteiger partial charge in [-0.2, -0.15) is 0 Å². The Labute approximate surface area is 380 Å². The molecule has 0 aromatic rings. The van der Waals surface area contributed by atoms with Gasteiger partial charge in [0.2, 0.25) is 11.3 Å². The van der Waals surface area contributed by atoms with Crippen LogP contribution in [0, 0.1) is 57.0 Å². The highest BCUT2D eigenvalue weighted by atomic mass is 16.7. The predicted molar refractivity (Wildman–Crippen MR) is 233 cm³/mol. The van der Waals surface area contributed by atoms with Gasteiger partial charge in [0.05, 0.1) is 50.7 Å². The van der Waals surface area contributed by atoms with Crippen molar-refractivity contribution in [3.8, 4) is 0 Å². The molecule has 0 radical (unpaired) electrons. The SMILES string of the molecule is COC(=O)N[C@H]1[C@@H](C)O[C@@H](O[C@H]2C/C=C(\C)[C@@H]3C=C[C@@H]4[C@@H](O[C@H]5C[C@@H](O)[C@@H](O)[C@H](C)O5)[C@@H](C)C[C@H](C)[C@H]4[C@]3(C)C(O)=C3C(=O)O[C@]4(C[C@@H](C)C(CO)=C[C@H]4/C=C/2C)C3=O)C[C@]1(C)[N+](=O)[O-]. The van der Waals surface area contributed by atoms with E-state index in [0.717, 1.165) is 5.57 Å². The number of amides is 1. The normalized spacial score (nSPS) is 47.1. The van der Waals surface area contributed by atoms with Crippen molar-refractivity contribution in [2.45, 2.75) is 161 Å². The lowest BCUT2D eigenvalue weighted by Gasteiger charge is -2.56. The maximum absolute atomic E-state index is 15.3. The maximum atomic E-state index is 15.3. The largest absolute Gasteiger partial charge is 0.511 e. The number of nitro groups is 1. The zero-order chi connectivity index (χ0) is 47.7. The molecule has 0 aromatic carbocycles. The van der Waals surface area contributed by atoms with Crippen molar-refractivity contribution in [1.82, 2.24) is 5.32 Å². The quantitative estimate of drug-likeness (QED) is 0.0729. The van der Waals surface area contributed by atoms with Gasteiger partial charge in [0, 0.05) is 47.9 Å². The Morgan fingerprint density at radius 3 is 2.29 bits per heavy atom. The fourth-order valence-corrected chi connectivity index (χ4v) is 12.6. The Morgan fingerprint density at radius 2 is 1.65 bits per heavy atom. The molecule has 360 valence electrons. The number of aliphatic hydroxyl groups is 4. The van der Waals surface area contributed by atoms with Crippen molar-refractivity contribution in [3.63, 3.8) is 0 Å². The predicted octanol–water partition coefficient (Wildman–Crippen LogP) is 5.16. The zero-order valence-corrected chi connectivity index (χ0v) is 39.1. The van der Waals surface area contributed by atoms with Crippen molar-refractivity contribution in [1.29, 1.82) is 0 Å². The maximum Gasteiger partial charge on any atom is 0.407 e. The van der Waals surface area contributed by atoms with Gasteiger partial charge in [0.25, 0.3) is 0 Å². The molecule has 1 spiro atoms. The molecule has 7 aliphatic rings. The summed E-state index contributed by atoms with van der Waals surface area (Å²) >= 11 is 0. The van der Waals surface area contributed by atoms with Crippen LogP contribution in [0.1, 0.15) is 94.4 Å². The van der Waals surface area contributed by atoms with Gasteiger partial charge in [-0.3, -0.25) is 14.9 Å². The molecule has 65 heavy (non-hydrogen) atoms. The van der Waals surface area contributed by atoms with E-state index in [1.165, 1.54) is 14.0 Å². The average molecular weight is 913 g/mol. The second kappa shape index (κ2) is 18.3. The van der Waals surface area contributed by atoms with Crippen molar-refractivity contribution < 1.29 is 68.2 Å². The first-order valence-electron chi connectivity index (χ1n) is 23.1. The first kappa shape index (κ1) is 48.9. The summed E-state index contributed by atoms with van der Waals surface area (Å²) < 4.78 is 36.8. The summed E-state index contributed by atoms with van der Waals surface area (Å²) in [5, 5.41) is 59.7. The molecule has 2 bridgehead atoms. The minimum absolute atomic E-state index is 0.00106. The Balaban J connectivity index is 1.35. The molecular weight excluding hydrogens is 845 g/mol. The summed E-state index contributed by atoms with van der Waals surface area (Å²) in [6.45, 7) is 16.1. The van der Waals surface area contributed by atoms with E-state index in [1.807, 2.05) is 32.9 Å². The average Bonchev–Trinajstić information content (AvgIpc) is 3.48. The highest BCUT2D eigenvalue weighted by molar-refractivity contribution is 6.26. The number of ether oxygens (including phenoxy) is 6. The van der Waals surface area contributed by atoms with Crippen LogP contribution in [0.5, 0.6) is 0 Å². The van der Waals surface area contributed by atoms with E-state index in [-0.39, 0.29) is 61.7 Å². The Morgan fingerprint density at radius 1 is 0.954 bits per heavy atom. The van der Waals surface area contributed by atoms with E-state index < -0.39 is 118 Å². The molecule has 3 saturated heterocycles. The summed E-state index contributed by atoms with van der Waals surface area (Å²) in [6, 6.07) is -1.06. The number of Topliss-reactive ketones (excluding diaryl/α,β-unsaturated/α-hetero) is 1. The Bertz CT molecular complexity index is 2050. The van der Waals surface area contributed by atoms with Crippen molar-refractivity contribution in [2.75, 3.05) is 13.7 Å². The molecule has 1 saturated carbocycles. The number of alkyl carbamates (subject to hydrolysis) is 1. The van der Waals surface area contributed by atoms with Crippen LogP contribution >= 0.6 is 0 Å². The van der Waals surface area contributed by atoms with Crippen LogP contribution in [0.3, 0.4) is 0 Å². The molecule has 1 amide bonds. The van der Waals surface area contributed by atoms with E-state index >= 15 is 4.79 Å². The molecule has 3 aliphatic heterocycles. The van der Waals surface area contributed by atoms with Crippen LogP contribution in [-0.4, -0.2) is 123 Å². The van der Waals surface area contributed by atoms with Crippen LogP contribution in [0.25, 0.3) is 0 Å². The number of carbonyl (C=O) groups excluding carboxylic acids is 3. The summed E-state index contributed by atoms with van der Waals surface area (Å²) in [7, 11) is 1.17. The van der Waals surface area contributed by atoms with Crippen molar-refractivity contribution in [3.05, 3.63) is 68.5 Å². The van der Waals surface area contributed by atoms with E-state index in [2.05, 4.69) is 25.2 Å². The number of carbonyl (C=O) groups is 3. The van der Waals surface area contributed by atoms with Crippen LogP contribution in [0.2, 0.25) is 0 Å². The Kier molecular flexibility index (Phi) is 13.8. The number of esters is 1. The van der Waals surface area contributed by atoms with Crippen LogP contribution in [0.15, 0.2) is 58.4 Å². The van der Waals surface area contributed by atoms with Gasteiger partial charge in [0.15, 0.2) is 18.2 Å². The van der Waals surface area contributed by atoms with Gasteiger partial charge in [0.1, 0.15) is 23.5 Å². The molecule has 19 atom stereocenters. The van der Waals surface area contributed by atoms with E-state index in [0.29, 0.717) is 17.6 Å². The zero-order valence-electron chi connectivity index (χ0n) is 39.1. The third kappa shape index (κ3) is 8.41. The molecule has 17 nitrogen and oxygen atoms in total. The minimum Gasteiger partial charge on any atom is -0.511 e. The lowest BCUT2D eigenvalue weighted by Crippen LogP contribution is -2.65.